The summed E-state index contributed by atoms with van der Waals surface area (Å²) in [5.41, 5.74) is 18.0. The summed E-state index contributed by atoms with van der Waals surface area (Å²) in [6.07, 6.45) is 0. The fraction of sp³-hybridized carbons (Fsp3) is 0.0645. The molecule has 11 rings (SSSR count). The highest BCUT2D eigenvalue weighted by atomic mass is 14.2. The normalized spacial score (nSPS) is 11.2. The van der Waals surface area contributed by atoms with E-state index in [0.717, 1.165) is 0 Å². The van der Waals surface area contributed by atoms with E-state index in [4.69, 9.17) is 0 Å². The first-order valence-corrected chi connectivity index (χ1v) is 21.7. The first-order valence-electron chi connectivity index (χ1n) is 21.7. The van der Waals surface area contributed by atoms with Crippen molar-refractivity contribution in [1.29, 1.82) is 0 Å². The Labute approximate surface area is 365 Å². The minimum Gasteiger partial charge on any atom is -0.0622 e. The van der Waals surface area contributed by atoms with Crippen LogP contribution in [0.15, 0.2) is 218 Å². The lowest BCUT2D eigenvalue weighted by Gasteiger charge is -2.18. The molecule has 296 valence electrons. The first-order chi connectivity index (χ1) is 30.4. The summed E-state index contributed by atoms with van der Waals surface area (Å²) in [5, 5.41) is 10.4. The predicted octanol–water partition coefficient (Wildman–Crippen LogP) is 17.6. The molecule has 62 heavy (non-hydrogen) atoms. The molecule has 0 amide bonds. The molecule has 0 nitrogen and oxygen atoms in total. The van der Waals surface area contributed by atoms with Gasteiger partial charge in [-0.05, 0) is 126 Å². The summed E-state index contributed by atoms with van der Waals surface area (Å²) in [4.78, 5) is 0. The number of hydrogen-bond donors (Lipinski definition) is 0. The molecule has 0 spiro atoms. The summed E-state index contributed by atoms with van der Waals surface area (Å²) in [7, 11) is 0. The Balaban J connectivity index is 0.000000149. The minimum atomic E-state index is 1.24. The SMILES string of the molecule is Cc1ccc(-c2c3ccccc3c(-c3ccc(C)cc3)c3cc(C)ccc23)cc1.Cc1ccc2c(-c3ccc(-c4ccccc4)cc3)c3ccccc3c(-c3ccccc3)c2c1. The number of rotatable bonds is 5. The van der Waals surface area contributed by atoms with Crippen LogP contribution < -0.4 is 0 Å². The van der Waals surface area contributed by atoms with E-state index in [1.807, 2.05) is 0 Å². The Morgan fingerprint density at radius 2 is 0.419 bits per heavy atom. The van der Waals surface area contributed by atoms with Crippen molar-refractivity contribution in [3.05, 3.63) is 241 Å². The maximum atomic E-state index is 2.34. The third-order valence-electron chi connectivity index (χ3n) is 12.4. The highest BCUT2D eigenvalue weighted by molar-refractivity contribution is 6.22. The van der Waals surface area contributed by atoms with Crippen LogP contribution in [0.1, 0.15) is 22.3 Å². The van der Waals surface area contributed by atoms with E-state index in [9.17, 15) is 0 Å². The van der Waals surface area contributed by atoms with Crippen LogP contribution in [0.4, 0.5) is 0 Å². The molecule has 0 N–H and O–H groups in total. The molecule has 0 heterocycles. The van der Waals surface area contributed by atoms with Gasteiger partial charge in [-0.1, -0.05) is 241 Å². The Hall–Kier alpha value is -7.54. The van der Waals surface area contributed by atoms with Crippen LogP contribution >= 0.6 is 0 Å². The maximum absolute atomic E-state index is 2.34. The predicted molar refractivity (Wildman–Crippen MR) is 269 cm³/mol. The van der Waals surface area contributed by atoms with Crippen molar-refractivity contribution in [2.24, 2.45) is 0 Å². The summed E-state index contributed by atoms with van der Waals surface area (Å²) in [5.74, 6) is 0. The molecule has 0 fully saturated rings. The molecule has 11 aromatic carbocycles. The highest BCUT2D eigenvalue weighted by Crippen LogP contribution is 2.46. The van der Waals surface area contributed by atoms with E-state index in [1.54, 1.807) is 0 Å². The highest BCUT2D eigenvalue weighted by Gasteiger charge is 2.18. The number of fused-ring (bicyclic) bond motifs is 4. The smallest absolute Gasteiger partial charge is 0.00263 e. The zero-order chi connectivity index (χ0) is 42.2. The number of benzene rings is 11. The average molecular weight is 793 g/mol. The van der Waals surface area contributed by atoms with Gasteiger partial charge in [-0.15, -0.1) is 0 Å². The fourth-order valence-electron chi connectivity index (χ4n) is 9.33. The number of aryl methyl sites for hydroxylation is 4. The average Bonchev–Trinajstić information content (AvgIpc) is 3.31. The van der Waals surface area contributed by atoms with Crippen molar-refractivity contribution in [2.75, 3.05) is 0 Å². The second kappa shape index (κ2) is 16.5. The molecular formula is C62H48. The largest absolute Gasteiger partial charge is 0.0622 e. The molecule has 0 radical (unpaired) electrons. The molecule has 0 saturated heterocycles. The quantitative estimate of drug-likeness (QED) is 0.152. The zero-order valence-corrected chi connectivity index (χ0v) is 35.8. The molecular weight excluding hydrogens is 745 g/mol. The van der Waals surface area contributed by atoms with Gasteiger partial charge in [-0.2, -0.15) is 0 Å². The zero-order valence-electron chi connectivity index (χ0n) is 35.8. The van der Waals surface area contributed by atoms with Crippen LogP contribution in [-0.4, -0.2) is 0 Å². The fourth-order valence-corrected chi connectivity index (χ4v) is 9.33. The van der Waals surface area contributed by atoms with Crippen LogP contribution in [0.25, 0.3) is 98.7 Å². The van der Waals surface area contributed by atoms with Crippen molar-refractivity contribution in [3.8, 4) is 55.6 Å². The lowest BCUT2D eigenvalue weighted by molar-refractivity contribution is 1.47. The van der Waals surface area contributed by atoms with Gasteiger partial charge in [0.15, 0.2) is 0 Å². The lowest BCUT2D eigenvalue weighted by atomic mass is 9.85. The third-order valence-corrected chi connectivity index (χ3v) is 12.4. The second-order valence-electron chi connectivity index (χ2n) is 16.7. The van der Waals surface area contributed by atoms with Crippen molar-refractivity contribution >= 4 is 43.1 Å². The van der Waals surface area contributed by atoms with Crippen LogP contribution in [-0.2, 0) is 0 Å². The molecule has 0 saturated carbocycles. The van der Waals surface area contributed by atoms with E-state index in [1.165, 1.54) is 121 Å². The first kappa shape index (κ1) is 38.6. The van der Waals surface area contributed by atoms with Gasteiger partial charge in [0.1, 0.15) is 0 Å². The summed E-state index contributed by atoms with van der Waals surface area (Å²) < 4.78 is 0. The minimum absolute atomic E-state index is 1.24. The van der Waals surface area contributed by atoms with Crippen molar-refractivity contribution in [2.45, 2.75) is 27.7 Å². The molecule has 0 atom stereocenters. The van der Waals surface area contributed by atoms with E-state index >= 15 is 0 Å². The van der Waals surface area contributed by atoms with E-state index < -0.39 is 0 Å². The van der Waals surface area contributed by atoms with E-state index in [0.29, 0.717) is 0 Å². The molecule has 11 aromatic rings. The van der Waals surface area contributed by atoms with Crippen molar-refractivity contribution in [3.63, 3.8) is 0 Å². The van der Waals surface area contributed by atoms with Crippen LogP contribution in [0.3, 0.4) is 0 Å². The molecule has 0 unspecified atom stereocenters. The molecule has 0 aliphatic heterocycles. The molecule has 0 aliphatic rings. The van der Waals surface area contributed by atoms with Gasteiger partial charge in [0.25, 0.3) is 0 Å². The molecule has 0 bridgehead atoms. The van der Waals surface area contributed by atoms with Crippen molar-refractivity contribution in [1.82, 2.24) is 0 Å². The lowest BCUT2D eigenvalue weighted by Crippen LogP contribution is -1.91. The second-order valence-corrected chi connectivity index (χ2v) is 16.7. The Kier molecular flexibility index (Phi) is 10.3. The van der Waals surface area contributed by atoms with E-state index in [-0.39, 0.29) is 0 Å². The van der Waals surface area contributed by atoms with Gasteiger partial charge in [0.05, 0.1) is 0 Å². The summed E-state index contributed by atoms with van der Waals surface area (Å²) in [6.45, 7) is 8.64. The van der Waals surface area contributed by atoms with Gasteiger partial charge < -0.3 is 0 Å². The van der Waals surface area contributed by atoms with Crippen LogP contribution in [0.5, 0.6) is 0 Å². The monoisotopic (exact) mass is 792 g/mol. The molecule has 0 aromatic heterocycles. The van der Waals surface area contributed by atoms with Gasteiger partial charge >= 0.3 is 0 Å². The molecule has 0 aliphatic carbocycles. The van der Waals surface area contributed by atoms with Gasteiger partial charge in [-0.3, -0.25) is 0 Å². The topological polar surface area (TPSA) is 0 Å². The summed E-state index contributed by atoms with van der Waals surface area (Å²) >= 11 is 0. The molecule has 0 heteroatoms. The summed E-state index contributed by atoms with van der Waals surface area (Å²) in [6, 6.07) is 79.6. The third kappa shape index (κ3) is 7.25. The Morgan fingerprint density at radius 3 is 0.806 bits per heavy atom. The Morgan fingerprint density at radius 1 is 0.177 bits per heavy atom. The van der Waals surface area contributed by atoms with Crippen LogP contribution in [0.2, 0.25) is 0 Å². The number of hydrogen-bond acceptors (Lipinski definition) is 0. The standard InChI is InChI=1S/C33H24.C29H24/c1-23-16-21-30-31(22-23)33(26-12-6-3-7-13-26)29-15-9-8-14-28(29)32(30)27-19-17-25(18-20-27)24-10-4-2-5-11-24;1-19-8-13-22(14-9-19)28-24-6-4-5-7-25(24)29(23-15-10-20(2)11-16-23)27-18-21(3)12-17-26(27)28/h2-22H,1H3;4-18H,1-3H3. The van der Waals surface area contributed by atoms with Crippen molar-refractivity contribution < 1.29 is 0 Å². The maximum Gasteiger partial charge on any atom is -0.00263 e. The van der Waals surface area contributed by atoms with Gasteiger partial charge in [0.2, 0.25) is 0 Å². The Bertz CT molecular complexity index is 3370. The van der Waals surface area contributed by atoms with Crippen LogP contribution in [0, 0.1) is 27.7 Å². The van der Waals surface area contributed by atoms with E-state index in [2.05, 4.69) is 246 Å². The van der Waals surface area contributed by atoms with Gasteiger partial charge in [-0.25, -0.2) is 0 Å². The van der Waals surface area contributed by atoms with Gasteiger partial charge in [0, 0.05) is 0 Å².